The smallest absolute Gasteiger partial charge is 0.383 e. The second-order valence-corrected chi connectivity index (χ2v) is 5.53. The molecule has 0 aliphatic carbocycles. The maximum Gasteiger partial charge on any atom is 0.471 e. The molecule has 2 rings (SSSR count). The van der Waals surface area contributed by atoms with Crippen molar-refractivity contribution in [3.8, 4) is 11.4 Å². The summed E-state index contributed by atoms with van der Waals surface area (Å²) in [5.41, 5.74) is 1.05. The predicted octanol–water partition coefficient (Wildman–Crippen LogP) is 2.82. The highest BCUT2D eigenvalue weighted by molar-refractivity contribution is 5.73. The van der Waals surface area contributed by atoms with Gasteiger partial charge in [0.1, 0.15) is 0 Å². The van der Waals surface area contributed by atoms with Crippen LogP contribution in [-0.2, 0) is 22.3 Å². The summed E-state index contributed by atoms with van der Waals surface area (Å²) in [5, 5.41) is 4.48. The molecular weight excluding hydrogens is 369 g/mol. The minimum absolute atomic E-state index is 0.146. The average molecular weight is 388 g/mol. The van der Waals surface area contributed by atoms with Crippen LogP contribution >= 0.6 is 0 Å². The summed E-state index contributed by atoms with van der Waals surface area (Å²) >= 11 is 0. The Morgan fingerprint density at radius 2 is 1.89 bits per heavy atom. The monoisotopic (exact) mass is 388 g/mol. The highest BCUT2D eigenvalue weighted by Crippen LogP contribution is 2.29. The van der Waals surface area contributed by atoms with Gasteiger partial charge in [0.25, 0.3) is 0 Å². The molecule has 2 amide bonds. The number of benzene rings is 1. The van der Waals surface area contributed by atoms with Crippen LogP contribution in [0.2, 0.25) is 0 Å². The van der Waals surface area contributed by atoms with Crippen LogP contribution in [0.5, 0.6) is 0 Å². The van der Waals surface area contributed by atoms with E-state index in [2.05, 4.69) is 14.7 Å². The first-order chi connectivity index (χ1) is 12.8. The maximum absolute atomic E-state index is 12.5. The molecule has 148 valence electrons. The van der Waals surface area contributed by atoms with Crippen molar-refractivity contribution >= 4 is 6.03 Å². The van der Waals surface area contributed by atoms with E-state index < -0.39 is 12.1 Å². The fraction of sp³-hybridized carbons (Fsp3) is 0.438. The number of carbonyl (C=O) groups is 1. The second kappa shape index (κ2) is 8.82. The Labute approximate surface area is 153 Å². The fourth-order valence-corrected chi connectivity index (χ4v) is 2.11. The van der Waals surface area contributed by atoms with Crippen LogP contribution in [0.1, 0.15) is 11.5 Å². The number of urea groups is 1. The number of halogens is 3. The average Bonchev–Trinajstić information content (AvgIpc) is 3.14. The van der Waals surface area contributed by atoms with Gasteiger partial charge < -0.3 is 14.2 Å². The summed E-state index contributed by atoms with van der Waals surface area (Å²) in [6, 6.07) is 5.98. The molecule has 2 aromatic rings. The molecule has 0 N–H and O–H groups in total. The Morgan fingerprint density at radius 3 is 2.41 bits per heavy atom. The number of likely N-dealkylation sites (N-methyl/N-ethyl adjacent to an activating group) is 1. The summed E-state index contributed by atoms with van der Waals surface area (Å²) < 4.78 is 46.7. The number of nitrogens with zero attached hydrogens (tertiary/aromatic N) is 4. The maximum atomic E-state index is 12.5. The number of carbonyl (C=O) groups excluding carboxylic acids is 1. The molecule has 11 heteroatoms. The van der Waals surface area contributed by atoms with E-state index in [0.717, 1.165) is 5.06 Å². The minimum atomic E-state index is -4.70. The van der Waals surface area contributed by atoms with E-state index in [0.29, 0.717) is 24.3 Å². The van der Waals surface area contributed by atoms with Crippen molar-refractivity contribution in [3.63, 3.8) is 0 Å². The number of hydrogen-bond acceptors (Lipinski definition) is 6. The van der Waals surface area contributed by atoms with Crippen molar-refractivity contribution in [3.05, 3.63) is 35.7 Å². The molecule has 8 nitrogen and oxygen atoms in total. The van der Waals surface area contributed by atoms with Gasteiger partial charge in [0.2, 0.25) is 5.82 Å². The van der Waals surface area contributed by atoms with E-state index in [4.69, 9.17) is 9.57 Å². The Morgan fingerprint density at radius 1 is 1.22 bits per heavy atom. The predicted molar refractivity (Wildman–Crippen MR) is 87.2 cm³/mol. The third-order valence-corrected chi connectivity index (χ3v) is 3.60. The highest BCUT2D eigenvalue weighted by atomic mass is 19.4. The molecule has 0 unspecified atom stereocenters. The van der Waals surface area contributed by atoms with E-state index in [9.17, 15) is 18.0 Å². The lowest BCUT2D eigenvalue weighted by atomic mass is 10.1. The lowest BCUT2D eigenvalue weighted by molar-refractivity contribution is -0.159. The summed E-state index contributed by atoms with van der Waals surface area (Å²) in [4.78, 5) is 22.2. The Balaban J connectivity index is 2.05. The van der Waals surface area contributed by atoms with Gasteiger partial charge in [0, 0.05) is 26.3 Å². The fourth-order valence-electron chi connectivity index (χ4n) is 2.11. The van der Waals surface area contributed by atoms with Gasteiger partial charge >= 0.3 is 18.1 Å². The zero-order valence-corrected chi connectivity index (χ0v) is 15.0. The van der Waals surface area contributed by atoms with Crippen molar-refractivity contribution < 1.29 is 32.1 Å². The van der Waals surface area contributed by atoms with E-state index >= 15 is 0 Å². The number of methoxy groups -OCH3 is 1. The van der Waals surface area contributed by atoms with Gasteiger partial charge in [0.15, 0.2) is 0 Å². The zero-order chi connectivity index (χ0) is 20.0. The Hall–Kier alpha value is -2.66. The third kappa shape index (κ3) is 5.41. The van der Waals surface area contributed by atoms with Crippen LogP contribution in [0.25, 0.3) is 11.4 Å². The first-order valence-electron chi connectivity index (χ1n) is 7.82. The number of aromatic nitrogens is 2. The van der Waals surface area contributed by atoms with Crippen LogP contribution < -0.4 is 0 Å². The molecule has 0 aliphatic rings. The largest absolute Gasteiger partial charge is 0.471 e. The zero-order valence-electron chi connectivity index (χ0n) is 15.0. The van der Waals surface area contributed by atoms with Gasteiger partial charge in [0.05, 0.1) is 20.3 Å². The number of amides is 2. The lowest BCUT2D eigenvalue weighted by Crippen LogP contribution is -2.41. The molecule has 0 aliphatic heterocycles. The SMILES string of the molecule is COCCN(C)C(=O)N(Cc1ccc(-c2noc(C(F)(F)F)n2)cc1)OC. The molecule has 1 heterocycles. The number of ether oxygens (including phenoxy) is 1. The van der Waals surface area contributed by atoms with Gasteiger partial charge in [-0.15, -0.1) is 0 Å². The van der Waals surface area contributed by atoms with Gasteiger partial charge in [-0.3, -0.25) is 4.84 Å². The third-order valence-electron chi connectivity index (χ3n) is 3.60. The van der Waals surface area contributed by atoms with Gasteiger partial charge in [-0.1, -0.05) is 29.4 Å². The summed E-state index contributed by atoms with van der Waals surface area (Å²) in [6.45, 7) is 0.930. The van der Waals surface area contributed by atoms with Crippen LogP contribution in [-0.4, -0.2) is 60.6 Å². The van der Waals surface area contributed by atoms with Crippen LogP contribution in [0.15, 0.2) is 28.8 Å². The Bertz CT molecular complexity index is 749. The summed E-state index contributed by atoms with van der Waals surface area (Å²) in [5.74, 6) is -1.58. The standard InChI is InChI=1S/C16H19F3N4O4/c1-22(8-9-25-2)15(24)23(26-3)10-11-4-6-12(7-5-11)13-20-14(27-21-13)16(17,18)19/h4-7H,8-10H2,1-3H3. The molecule has 1 aromatic heterocycles. The first kappa shape index (κ1) is 20.6. The molecule has 0 spiro atoms. The molecule has 1 aromatic carbocycles. The Kier molecular flexibility index (Phi) is 6.75. The van der Waals surface area contributed by atoms with Crippen LogP contribution in [0.4, 0.5) is 18.0 Å². The summed E-state index contributed by atoms with van der Waals surface area (Å²) in [6.07, 6.45) is -4.70. The molecule has 27 heavy (non-hydrogen) atoms. The van der Waals surface area contributed by atoms with Crippen molar-refractivity contribution in [2.45, 2.75) is 12.7 Å². The molecule has 0 saturated carbocycles. The first-order valence-corrected chi connectivity index (χ1v) is 7.82. The van der Waals surface area contributed by atoms with Gasteiger partial charge in [-0.05, 0) is 5.56 Å². The van der Waals surface area contributed by atoms with Crippen LogP contribution in [0, 0.1) is 0 Å². The summed E-state index contributed by atoms with van der Waals surface area (Å²) in [7, 11) is 4.52. The molecular formula is C16H19F3N4O4. The molecule has 0 radical (unpaired) electrons. The number of hydrogen-bond donors (Lipinski definition) is 0. The minimum Gasteiger partial charge on any atom is -0.383 e. The van der Waals surface area contributed by atoms with Crippen LogP contribution in [0.3, 0.4) is 0 Å². The number of hydroxylamine groups is 2. The molecule has 0 fully saturated rings. The lowest BCUT2D eigenvalue weighted by Gasteiger charge is -2.26. The number of rotatable bonds is 7. The van der Waals surface area contributed by atoms with Gasteiger partial charge in [-0.2, -0.15) is 23.2 Å². The quantitative estimate of drug-likeness (QED) is 0.679. The van der Waals surface area contributed by atoms with Gasteiger partial charge in [-0.25, -0.2) is 4.79 Å². The van der Waals surface area contributed by atoms with Crippen molar-refractivity contribution in [1.82, 2.24) is 20.1 Å². The topological polar surface area (TPSA) is 80.9 Å². The molecule has 0 bridgehead atoms. The van der Waals surface area contributed by atoms with E-state index in [1.54, 1.807) is 19.2 Å². The molecule has 0 atom stereocenters. The van der Waals surface area contributed by atoms with Crippen molar-refractivity contribution in [2.75, 3.05) is 34.4 Å². The van der Waals surface area contributed by atoms with Crippen molar-refractivity contribution in [2.24, 2.45) is 0 Å². The second-order valence-electron chi connectivity index (χ2n) is 5.53. The van der Waals surface area contributed by atoms with Crippen molar-refractivity contribution in [1.29, 1.82) is 0 Å². The van der Waals surface area contributed by atoms with E-state index in [1.165, 1.54) is 31.3 Å². The van der Waals surface area contributed by atoms with E-state index in [1.807, 2.05) is 0 Å². The highest BCUT2D eigenvalue weighted by Gasteiger charge is 2.38. The normalized spacial score (nSPS) is 11.5. The molecule has 0 saturated heterocycles. The number of alkyl halides is 3. The van der Waals surface area contributed by atoms with E-state index in [-0.39, 0.29) is 18.4 Å².